The van der Waals surface area contributed by atoms with E-state index in [4.69, 9.17) is 0 Å². The molecule has 8 heteroatoms. The number of esters is 1. The molecule has 0 heterocycles. The first-order chi connectivity index (χ1) is 10.4. The molecule has 0 bridgehead atoms. The topological polar surface area (TPSA) is 29.5 Å². The van der Waals surface area contributed by atoms with Crippen molar-refractivity contribution in [3.8, 4) is 5.75 Å². The fraction of sp³-hybridized carbons (Fsp3) is 0.533. The van der Waals surface area contributed by atoms with Crippen LogP contribution in [0.1, 0.15) is 34.1 Å². The molecular weight excluding hydrogens is 321 g/mol. The van der Waals surface area contributed by atoms with Crippen LogP contribution in [0.5, 0.6) is 5.75 Å². The van der Waals surface area contributed by atoms with E-state index in [1.807, 2.05) is 0 Å². The van der Waals surface area contributed by atoms with E-state index in [2.05, 4.69) is 18.6 Å². The van der Waals surface area contributed by atoms with Crippen LogP contribution in [0.15, 0.2) is 0 Å². The lowest BCUT2D eigenvalue weighted by molar-refractivity contribution is -0.145. The van der Waals surface area contributed by atoms with Crippen molar-refractivity contribution in [2.75, 3.05) is 14.1 Å². The molecule has 0 aliphatic rings. The van der Waals surface area contributed by atoms with Gasteiger partial charge in [0.25, 0.3) is 0 Å². The zero-order valence-corrected chi connectivity index (χ0v) is 13.9. The van der Waals surface area contributed by atoms with E-state index < -0.39 is 46.3 Å². The Morgan fingerprint density at radius 2 is 1.22 bits per heavy atom. The molecule has 0 aliphatic heterocycles. The van der Waals surface area contributed by atoms with Gasteiger partial charge in [-0.25, -0.2) is 18.0 Å². The van der Waals surface area contributed by atoms with Gasteiger partial charge >= 0.3 is 5.97 Å². The van der Waals surface area contributed by atoms with Crippen LogP contribution in [0, 0.1) is 29.1 Å². The van der Waals surface area contributed by atoms with E-state index >= 15 is 0 Å². The van der Waals surface area contributed by atoms with Gasteiger partial charge in [0.15, 0.2) is 0 Å². The van der Waals surface area contributed by atoms with Gasteiger partial charge < -0.3 is 4.74 Å². The highest BCUT2D eigenvalue weighted by Crippen LogP contribution is 2.30. The highest BCUT2D eigenvalue weighted by molar-refractivity contribution is 5.82. The largest absolute Gasteiger partial charge is 0.419 e. The SMILES string of the molecule is CCC.CN(C)C(C)(C)C(=O)Oc1c(F)c(F)c(F)c(F)c1F. The molecule has 0 unspecified atom stereocenters. The van der Waals surface area contributed by atoms with Crippen LogP contribution in [-0.4, -0.2) is 30.5 Å². The molecular formula is C15H20F5NO2. The van der Waals surface area contributed by atoms with Crippen LogP contribution in [0.4, 0.5) is 22.0 Å². The zero-order valence-electron chi connectivity index (χ0n) is 13.9. The van der Waals surface area contributed by atoms with E-state index in [0.29, 0.717) is 0 Å². The van der Waals surface area contributed by atoms with Gasteiger partial charge in [-0.1, -0.05) is 20.3 Å². The molecule has 0 aliphatic carbocycles. The molecule has 1 rings (SSSR count). The average molecular weight is 341 g/mol. The molecule has 0 saturated heterocycles. The van der Waals surface area contributed by atoms with Crippen LogP contribution >= 0.6 is 0 Å². The minimum Gasteiger partial charge on any atom is -0.419 e. The van der Waals surface area contributed by atoms with Crippen molar-refractivity contribution in [3.05, 3.63) is 29.1 Å². The van der Waals surface area contributed by atoms with Gasteiger partial charge in [0.05, 0.1) is 0 Å². The Kier molecular flexibility index (Phi) is 7.63. The molecule has 3 nitrogen and oxygen atoms in total. The lowest BCUT2D eigenvalue weighted by Crippen LogP contribution is -2.48. The summed E-state index contributed by atoms with van der Waals surface area (Å²) in [4.78, 5) is 13.1. The van der Waals surface area contributed by atoms with Crippen molar-refractivity contribution in [3.63, 3.8) is 0 Å². The zero-order chi connectivity index (χ0) is 18.5. The highest BCUT2D eigenvalue weighted by atomic mass is 19.2. The fourth-order valence-corrected chi connectivity index (χ4v) is 1.07. The summed E-state index contributed by atoms with van der Waals surface area (Å²) < 4.78 is 69.7. The summed E-state index contributed by atoms with van der Waals surface area (Å²) in [7, 11) is 2.97. The lowest BCUT2D eigenvalue weighted by atomic mass is 10.1. The van der Waals surface area contributed by atoms with E-state index in [-0.39, 0.29) is 0 Å². The number of halogens is 5. The van der Waals surface area contributed by atoms with Crippen molar-refractivity contribution in [1.82, 2.24) is 4.90 Å². The van der Waals surface area contributed by atoms with E-state index in [0.717, 1.165) is 0 Å². The molecule has 0 atom stereocenters. The van der Waals surface area contributed by atoms with Gasteiger partial charge in [0, 0.05) is 0 Å². The lowest BCUT2D eigenvalue weighted by Gasteiger charge is -2.29. The van der Waals surface area contributed by atoms with Crippen molar-refractivity contribution in [1.29, 1.82) is 0 Å². The summed E-state index contributed by atoms with van der Waals surface area (Å²) in [5, 5.41) is 0. The first kappa shape index (κ1) is 21.3. The van der Waals surface area contributed by atoms with Crippen molar-refractivity contribution in [2.45, 2.75) is 39.7 Å². The minimum atomic E-state index is -2.31. The standard InChI is InChI=1S/C12H12F5NO2.C3H8/c1-12(2,18(3)4)11(19)20-10-8(16)6(14)5(13)7(15)9(10)17;1-3-2/h1-4H3;3H2,1-2H3. The smallest absolute Gasteiger partial charge is 0.331 e. The molecule has 132 valence electrons. The summed E-state index contributed by atoms with van der Waals surface area (Å²) in [6.45, 7) is 6.97. The van der Waals surface area contributed by atoms with E-state index in [9.17, 15) is 26.7 Å². The third kappa shape index (κ3) is 4.63. The van der Waals surface area contributed by atoms with E-state index in [1.54, 1.807) is 0 Å². The number of ether oxygens (including phenoxy) is 1. The molecule has 1 aromatic carbocycles. The molecule has 0 fully saturated rings. The number of hydrogen-bond acceptors (Lipinski definition) is 3. The van der Waals surface area contributed by atoms with Crippen LogP contribution in [0.2, 0.25) is 0 Å². The van der Waals surface area contributed by atoms with Crippen LogP contribution in [0.3, 0.4) is 0 Å². The predicted molar refractivity (Wildman–Crippen MR) is 75.6 cm³/mol. The monoisotopic (exact) mass is 341 g/mol. The number of carbonyl (C=O) groups excluding carboxylic acids is 1. The number of likely N-dealkylation sites (N-methyl/N-ethyl adjacent to an activating group) is 1. The first-order valence-electron chi connectivity index (χ1n) is 6.84. The van der Waals surface area contributed by atoms with Gasteiger partial charge in [0.1, 0.15) is 5.54 Å². The Morgan fingerprint density at radius 3 is 1.52 bits per heavy atom. The van der Waals surface area contributed by atoms with Crippen molar-refractivity contribution in [2.24, 2.45) is 0 Å². The highest BCUT2D eigenvalue weighted by Gasteiger charge is 2.35. The van der Waals surface area contributed by atoms with Crippen molar-refractivity contribution < 1.29 is 31.5 Å². The van der Waals surface area contributed by atoms with Gasteiger partial charge in [0.2, 0.25) is 34.8 Å². The van der Waals surface area contributed by atoms with Crippen LogP contribution < -0.4 is 4.74 Å². The number of carbonyl (C=O) groups is 1. The summed E-state index contributed by atoms with van der Waals surface area (Å²) in [5.41, 5.74) is -1.32. The quantitative estimate of drug-likeness (QED) is 0.273. The Bertz CT molecular complexity index is 544. The van der Waals surface area contributed by atoms with Crippen LogP contribution in [0.25, 0.3) is 0 Å². The maximum Gasteiger partial charge on any atom is 0.331 e. The Labute approximate surface area is 132 Å². The molecule has 23 heavy (non-hydrogen) atoms. The van der Waals surface area contributed by atoms with Gasteiger partial charge in [-0.2, -0.15) is 8.78 Å². The third-order valence-electron chi connectivity index (χ3n) is 2.98. The fourth-order valence-electron chi connectivity index (χ4n) is 1.07. The normalized spacial score (nSPS) is 11.1. The Hall–Kier alpha value is -1.70. The van der Waals surface area contributed by atoms with Crippen molar-refractivity contribution >= 4 is 5.97 Å². The Balaban J connectivity index is 0.00000149. The summed E-state index contributed by atoms with van der Waals surface area (Å²) in [6, 6.07) is 0. The van der Waals surface area contributed by atoms with E-state index in [1.165, 1.54) is 39.3 Å². The average Bonchev–Trinajstić information content (AvgIpc) is 2.47. The maximum absolute atomic E-state index is 13.3. The minimum absolute atomic E-state index is 1.16. The van der Waals surface area contributed by atoms with Crippen LogP contribution in [-0.2, 0) is 4.79 Å². The molecule has 0 N–H and O–H groups in total. The molecule has 0 aromatic heterocycles. The van der Waals surface area contributed by atoms with Gasteiger partial charge in [-0.3, -0.25) is 4.90 Å². The molecule has 0 amide bonds. The Morgan fingerprint density at radius 1 is 0.913 bits per heavy atom. The second-order valence-electron chi connectivity index (χ2n) is 5.45. The molecule has 1 aromatic rings. The number of hydrogen-bond donors (Lipinski definition) is 0. The molecule has 0 spiro atoms. The maximum atomic E-state index is 13.3. The second-order valence-corrected chi connectivity index (χ2v) is 5.45. The first-order valence-corrected chi connectivity index (χ1v) is 6.84. The van der Waals surface area contributed by atoms with Gasteiger partial charge in [-0.05, 0) is 27.9 Å². The number of nitrogens with zero attached hydrogens (tertiary/aromatic N) is 1. The number of rotatable bonds is 3. The summed E-state index contributed by atoms with van der Waals surface area (Å²) in [5.74, 6) is -13.8. The summed E-state index contributed by atoms with van der Waals surface area (Å²) >= 11 is 0. The third-order valence-corrected chi connectivity index (χ3v) is 2.98. The second kappa shape index (κ2) is 8.24. The summed E-state index contributed by atoms with van der Waals surface area (Å²) in [6.07, 6.45) is 1.25. The molecule has 0 saturated carbocycles. The van der Waals surface area contributed by atoms with Gasteiger partial charge in [-0.15, -0.1) is 0 Å². The predicted octanol–water partition coefficient (Wildman–Crippen LogP) is 4.04. The molecule has 0 radical (unpaired) electrons. The number of benzene rings is 1.